The van der Waals surface area contributed by atoms with Crippen LogP contribution in [0.2, 0.25) is 0 Å². The van der Waals surface area contributed by atoms with Gasteiger partial charge >= 0.3 is 0 Å². The van der Waals surface area contributed by atoms with Gasteiger partial charge in [0.1, 0.15) is 0 Å². The summed E-state index contributed by atoms with van der Waals surface area (Å²) >= 11 is 0. The molecule has 19 heavy (non-hydrogen) atoms. The predicted octanol–water partition coefficient (Wildman–Crippen LogP) is 2.77. The molecule has 2 aliphatic rings. The van der Waals surface area contributed by atoms with Crippen LogP contribution in [0.3, 0.4) is 0 Å². The summed E-state index contributed by atoms with van der Waals surface area (Å²) in [4.78, 5) is 11.7. The van der Waals surface area contributed by atoms with E-state index in [1.54, 1.807) is 0 Å². The molecule has 3 atom stereocenters. The van der Waals surface area contributed by atoms with Gasteiger partial charge in [0.05, 0.1) is 6.42 Å². The highest BCUT2D eigenvalue weighted by molar-refractivity contribution is 5.79. The van der Waals surface area contributed by atoms with E-state index < -0.39 is 0 Å². The third kappa shape index (κ3) is 3.03. The first-order valence-corrected chi connectivity index (χ1v) is 7.17. The number of nitrogens with zero attached hydrogens (tertiary/aromatic N) is 1. The molecular formula is C16H20N2O. The fourth-order valence-corrected chi connectivity index (χ4v) is 3.50. The van der Waals surface area contributed by atoms with Gasteiger partial charge in [0.2, 0.25) is 5.91 Å². The molecule has 1 amide bonds. The van der Waals surface area contributed by atoms with E-state index in [0.717, 1.165) is 17.4 Å². The lowest BCUT2D eigenvalue weighted by Crippen LogP contribution is -2.21. The van der Waals surface area contributed by atoms with Crippen molar-refractivity contribution >= 4 is 12.1 Å². The lowest BCUT2D eigenvalue weighted by Gasteiger charge is -2.16. The lowest BCUT2D eigenvalue weighted by molar-refractivity contribution is -0.120. The Labute approximate surface area is 114 Å². The monoisotopic (exact) mass is 256 g/mol. The SMILES string of the molecule is O=C(Cc1ccccc1)N/N=C\[C@@H]1C[C@H]2CC[C@H]1C2. The van der Waals surface area contributed by atoms with Crippen LogP contribution in [0.5, 0.6) is 0 Å². The second-order valence-electron chi connectivity index (χ2n) is 5.81. The van der Waals surface area contributed by atoms with Crippen LogP contribution in [0.1, 0.15) is 31.2 Å². The van der Waals surface area contributed by atoms with Gasteiger partial charge in [-0.1, -0.05) is 36.8 Å². The lowest BCUT2D eigenvalue weighted by atomic mass is 9.90. The van der Waals surface area contributed by atoms with E-state index in [4.69, 9.17) is 0 Å². The third-order valence-electron chi connectivity index (χ3n) is 4.46. The molecule has 1 aromatic rings. The van der Waals surface area contributed by atoms with E-state index in [1.807, 2.05) is 36.5 Å². The van der Waals surface area contributed by atoms with Gasteiger partial charge in [-0.2, -0.15) is 5.10 Å². The first kappa shape index (κ1) is 12.4. The number of hydrazone groups is 1. The van der Waals surface area contributed by atoms with Crippen molar-refractivity contribution in [1.29, 1.82) is 0 Å². The van der Waals surface area contributed by atoms with Crippen LogP contribution >= 0.6 is 0 Å². The molecule has 2 fully saturated rings. The van der Waals surface area contributed by atoms with Crippen LogP contribution in [0.4, 0.5) is 0 Å². The Hall–Kier alpha value is -1.64. The minimum absolute atomic E-state index is 0.0365. The number of carbonyl (C=O) groups is 1. The van der Waals surface area contributed by atoms with Crippen molar-refractivity contribution in [2.24, 2.45) is 22.9 Å². The standard InChI is InChI=1S/C16H20N2O/c19-16(10-12-4-2-1-3-5-12)18-17-11-15-9-13-6-7-14(15)8-13/h1-5,11,13-15H,6-10H2,(H,18,19)/b17-11-/t13-,14-,15-/m0/s1. The normalized spacial score (nSPS) is 28.9. The van der Waals surface area contributed by atoms with Gasteiger partial charge in [-0.15, -0.1) is 0 Å². The van der Waals surface area contributed by atoms with Gasteiger partial charge in [-0.3, -0.25) is 4.79 Å². The minimum Gasteiger partial charge on any atom is -0.273 e. The zero-order valence-corrected chi connectivity index (χ0v) is 11.1. The third-order valence-corrected chi connectivity index (χ3v) is 4.46. The Kier molecular flexibility index (Phi) is 3.62. The maximum absolute atomic E-state index is 11.7. The molecule has 1 aromatic carbocycles. The van der Waals surface area contributed by atoms with E-state index in [2.05, 4.69) is 10.5 Å². The molecule has 0 unspecified atom stereocenters. The van der Waals surface area contributed by atoms with Crippen LogP contribution in [0.15, 0.2) is 35.4 Å². The van der Waals surface area contributed by atoms with Crippen molar-refractivity contribution in [3.63, 3.8) is 0 Å². The summed E-state index contributed by atoms with van der Waals surface area (Å²) in [5, 5.41) is 4.14. The summed E-state index contributed by atoms with van der Waals surface area (Å²) in [5.41, 5.74) is 3.67. The molecule has 2 saturated carbocycles. The summed E-state index contributed by atoms with van der Waals surface area (Å²) < 4.78 is 0. The molecule has 0 radical (unpaired) electrons. The summed E-state index contributed by atoms with van der Waals surface area (Å²) in [6.45, 7) is 0. The van der Waals surface area contributed by atoms with Crippen LogP contribution in [0.25, 0.3) is 0 Å². The van der Waals surface area contributed by atoms with E-state index in [0.29, 0.717) is 12.3 Å². The summed E-state index contributed by atoms with van der Waals surface area (Å²) in [6, 6.07) is 9.76. The van der Waals surface area contributed by atoms with Crippen LogP contribution < -0.4 is 5.43 Å². The van der Waals surface area contributed by atoms with Crippen LogP contribution in [-0.4, -0.2) is 12.1 Å². The van der Waals surface area contributed by atoms with Crippen molar-refractivity contribution in [2.75, 3.05) is 0 Å². The number of hydrogen-bond donors (Lipinski definition) is 1. The summed E-state index contributed by atoms with van der Waals surface area (Å²) in [5.74, 6) is 2.29. The Balaban J connectivity index is 1.46. The number of benzene rings is 1. The molecule has 0 aromatic heterocycles. The zero-order chi connectivity index (χ0) is 13.1. The molecule has 1 N–H and O–H groups in total. The van der Waals surface area contributed by atoms with Gasteiger partial charge in [-0.25, -0.2) is 5.43 Å². The Morgan fingerprint density at radius 1 is 1.26 bits per heavy atom. The number of nitrogens with one attached hydrogen (secondary N) is 1. The Morgan fingerprint density at radius 3 is 2.79 bits per heavy atom. The van der Waals surface area contributed by atoms with Crippen molar-refractivity contribution < 1.29 is 4.79 Å². The minimum atomic E-state index is -0.0365. The van der Waals surface area contributed by atoms with E-state index in [-0.39, 0.29) is 5.91 Å². The molecule has 3 heteroatoms. The maximum atomic E-state index is 11.7. The molecule has 0 aliphatic heterocycles. The van der Waals surface area contributed by atoms with Crippen molar-refractivity contribution in [3.05, 3.63) is 35.9 Å². The smallest absolute Gasteiger partial charge is 0.244 e. The fraction of sp³-hybridized carbons (Fsp3) is 0.500. The van der Waals surface area contributed by atoms with Crippen molar-refractivity contribution in [3.8, 4) is 0 Å². The molecule has 3 rings (SSSR count). The fourth-order valence-electron chi connectivity index (χ4n) is 3.50. The van der Waals surface area contributed by atoms with Gasteiger partial charge < -0.3 is 0 Å². The first-order chi connectivity index (χ1) is 9.31. The van der Waals surface area contributed by atoms with Gasteiger partial charge in [0, 0.05) is 6.21 Å². The van der Waals surface area contributed by atoms with E-state index in [1.165, 1.54) is 25.7 Å². The number of hydrogen-bond acceptors (Lipinski definition) is 2. The van der Waals surface area contributed by atoms with E-state index >= 15 is 0 Å². The molecule has 0 saturated heterocycles. The topological polar surface area (TPSA) is 41.5 Å². The van der Waals surface area contributed by atoms with Gasteiger partial charge in [0.25, 0.3) is 0 Å². The van der Waals surface area contributed by atoms with Crippen molar-refractivity contribution in [1.82, 2.24) is 5.43 Å². The molecule has 0 heterocycles. The Bertz CT molecular complexity index is 469. The second-order valence-corrected chi connectivity index (χ2v) is 5.81. The molecule has 2 aliphatic carbocycles. The summed E-state index contributed by atoms with van der Waals surface area (Å²) in [6.07, 6.45) is 7.74. The largest absolute Gasteiger partial charge is 0.273 e. The number of amides is 1. The van der Waals surface area contributed by atoms with Gasteiger partial charge in [-0.05, 0) is 42.6 Å². The molecular weight excluding hydrogens is 236 g/mol. The molecule has 3 nitrogen and oxygen atoms in total. The highest BCUT2D eigenvalue weighted by Crippen LogP contribution is 2.47. The quantitative estimate of drug-likeness (QED) is 0.653. The number of rotatable bonds is 4. The predicted molar refractivity (Wildman–Crippen MR) is 75.7 cm³/mol. The number of fused-ring (bicyclic) bond motifs is 2. The Morgan fingerprint density at radius 2 is 2.11 bits per heavy atom. The number of carbonyl (C=O) groups excluding carboxylic acids is 1. The molecule has 0 spiro atoms. The van der Waals surface area contributed by atoms with Crippen LogP contribution in [-0.2, 0) is 11.2 Å². The maximum Gasteiger partial charge on any atom is 0.244 e. The second kappa shape index (κ2) is 5.55. The summed E-state index contributed by atoms with van der Waals surface area (Å²) in [7, 11) is 0. The average Bonchev–Trinajstić information content (AvgIpc) is 3.02. The molecule has 2 bridgehead atoms. The van der Waals surface area contributed by atoms with Crippen LogP contribution in [0, 0.1) is 17.8 Å². The van der Waals surface area contributed by atoms with E-state index in [9.17, 15) is 4.79 Å². The highest BCUT2D eigenvalue weighted by atomic mass is 16.2. The van der Waals surface area contributed by atoms with Crippen molar-refractivity contribution in [2.45, 2.75) is 32.1 Å². The zero-order valence-electron chi connectivity index (χ0n) is 11.1. The first-order valence-electron chi connectivity index (χ1n) is 7.17. The highest BCUT2D eigenvalue weighted by Gasteiger charge is 2.38. The average molecular weight is 256 g/mol. The molecule has 100 valence electrons. The van der Waals surface area contributed by atoms with Gasteiger partial charge in [0.15, 0.2) is 0 Å².